The molecule has 19 heavy (non-hydrogen) atoms. The molecule has 5 nitrogen and oxygen atoms in total. The molecule has 0 atom stereocenters. The van der Waals surface area contributed by atoms with Crippen molar-refractivity contribution in [3.05, 3.63) is 29.3 Å². The summed E-state index contributed by atoms with van der Waals surface area (Å²) in [5, 5.41) is 0.690. The molecule has 0 saturated carbocycles. The minimum Gasteiger partial charge on any atom is -0.369 e. The zero-order chi connectivity index (χ0) is 13.9. The predicted molar refractivity (Wildman–Crippen MR) is 78.1 cm³/mol. The molecule has 1 aliphatic rings. The Labute approximate surface area is 119 Å². The van der Waals surface area contributed by atoms with E-state index >= 15 is 0 Å². The SMILES string of the molecule is NCCS(=O)(=O)N1CCN(c2cccc(Cl)c2)CC1. The maximum absolute atomic E-state index is 11.9. The summed E-state index contributed by atoms with van der Waals surface area (Å²) in [7, 11) is -3.19. The van der Waals surface area contributed by atoms with E-state index < -0.39 is 10.0 Å². The molecule has 1 aliphatic heterocycles. The van der Waals surface area contributed by atoms with Gasteiger partial charge in [-0.2, -0.15) is 4.31 Å². The fourth-order valence-corrected chi connectivity index (χ4v) is 3.64. The zero-order valence-electron chi connectivity index (χ0n) is 10.6. The largest absolute Gasteiger partial charge is 0.369 e. The van der Waals surface area contributed by atoms with Crippen molar-refractivity contribution in [2.45, 2.75) is 0 Å². The van der Waals surface area contributed by atoms with E-state index in [0.29, 0.717) is 31.2 Å². The Morgan fingerprint density at radius 1 is 1.21 bits per heavy atom. The van der Waals surface area contributed by atoms with Crippen LogP contribution in [0.4, 0.5) is 5.69 Å². The van der Waals surface area contributed by atoms with Crippen molar-refractivity contribution in [1.82, 2.24) is 4.31 Å². The second-order valence-electron chi connectivity index (χ2n) is 4.47. The summed E-state index contributed by atoms with van der Waals surface area (Å²) >= 11 is 5.96. The fourth-order valence-electron chi connectivity index (χ4n) is 2.18. The van der Waals surface area contributed by atoms with E-state index in [9.17, 15) is 8.42 Å². The summed E-state index contributed by atoms with van der Waals surface area (Å²) in [5.41, 5.74) is 6.36. The van der Waals surface area contributed by atoms with Crippen LogP contribution in [0.3, 0.4) is 0 Å². The van der Waals surface area contributed by atoms with E-state index in [2.05, 4.69) is 4.90 Å². The lowest BCUT2D eigenvalue weighted by molar-refractivity contribution is 0.385. The van der Waals surface area contributed by atoms with Gasteiger partial charge in [0.1, 0.15) is 0 Å². The second-order valence-corrected chi connectivity index (χ2v) is 7.00. The van der Waals surface area contributed by atoms with Crippen molar-refractivity contribution in [1.29, 1.82) is 0 Å². The molecule has 0 aliphatic carbocycles. The van der Waals surface area contributed by atoms with Gasteiger partial charge in [0.2, 0.25) is 10.0 Å². The van der Waals surface area contributed by atoms with Gasteiger partial charge in [-0.3, -0.25) is 0 Å². The van der Waals surface area contributed by atoms with E-state index in [4.69, 9.17) is 17.3 Å². The van der Waals surface area contributed by atoms with Crippen molar-refractivity contribution in [3.63, 3.8) is 0 Å². The maximum atomic E-state index is 11.9. The average Bonchev–Trinajstić information content (AvgIpc) is 2.39. The number of piperazine rings is 1. The Hall–Kier alpha value is -0.820. The number of anilines is 1. The number of sulfonamides is 1. The van der Waals surface area contributed by atoms with E-state index in [0.717, 1.165) is 5.69 Å². The van der Waals surface area contributed by atoms with Crippen molar-refractivity contribution in [3.8, 4) is 0 Å². The topological polar surface area (TPSA) is 66.6 Å². The van der Waals surface area contributed by atoms with Gasteiger partial charge in [-0.1, -0.05) is 17.7 Å². The number of nitrogens with two attached hydrogens (primary N) is 1. The number of benzene rings is 1. The third-order valence-corrected chi connectivity index (χ3v) is 5.32. The molecule has 106 valence electrons. The first-order valence-corrected chi connectivity index (χ1v) is 8.20. The van der Waals surface area contributed by atoms with E-state index in [1.54, 1.807) is 0 Å². The van der Waals surface area contributed by atoms with Gasteiger partial charge in [-0.05, 0) is 18.2 Å². The van der Waals surface area contributed by atoms with Crippen LogP contribution in [-0.2, 0) is 10.0 Å². The number of hydrogen-bond donors (Lipinski definition) is 1. The number of halogens is 1. The minimum absolute atomic E-state index is 0.0180. The number of hydrogen-bond acceptors (Lipinski definition) is 4. The molecule has 1 aromatic rings. The average molecular weight is 304 g/mol. The molecule has 7 heteroatoms. The van der Waals surface area contributed by atoms with Crippen molar-refractivity contribution in [2.75, 3.05) is 43.4 Å². The molecule has 0 unspecified atom stereocenters. The minimum atomic E-state index is -3.19. The summed E-state index contributed by atoms with van der Waals surface area (Å²) < 4.78 is 25.3. The van der Waals surface area contributed by atoms with Gasteiger partial charge in [-0.25, -0.2) is 8.42 Å². The molecule has 2 rings (SSSR count). The van der Waals surface area contributed by atoms with Gasteiger partial charge in [0.15, 0.2) is 0 Å². The Kier molecular flexibility index (Phi) is 4.67. The first-order chi connectivity index (χ1) is 9.03. The Morgan fingerprint density at radius 3 is 2.47 bits per heavy atom. The summed E-state index contributed by atoms with van der Waals surface area (Å²) in [4.78, 5) is 2.14. The van der Waals surface area contributed by atoms with E-state index in [-0.39, 0.29) is 12.3 Å². The molecule has 0 aromatic heterocycles. The van der Waals surface area contributed by atoms with Gasteiger partial charge in [0.25, 0.3) is 0 Å². The lowest BCUT2D eigenvalue weighted by atomic mass is 10.2. The predicted octanol–water partition coefficient (Wildman–Crippen LogP) is 0.751. The second kappa shape index (κ2) is 6.09. The van der Waals surface area contributed by atoms with Gasteiger partial charge < -0.3 is 10.6 Å². The number of nitrogens with zero attached hydrogens (tertiary/aromatic N) is 2. The van der Waals surface area contributed by atoms with Crippen LogP contribution in [0.5, 0.6) is 0 Å². The highest BCUT2D eigenvalue weighted by Crippen LogP contribution is 2.21. The van der Waals surface area contributed by atoms with Crippen LogP contribution in [0.15, 0.2) is 24.3 Å². The van der Waals surface area contributed by atoms with Crippen LogP contribution in [0.2, 0.25) is 5.02 Å². The van der Waals surface area contributed by atoms with Gasteiger partial charge in [0.05, 0.1) is 5.75 Å². The molecule has 1 aromatic carbocycles. The molecule has 0 amide bonds. The van der Waals surface area contributed by atoms with Crippen LogP contribution in [0.25, 0.3) is 0 Å². The summed E-state index contributed by atoms with van der Waals surface area (Å²) in [6, 6.07) is 7.60. The molecule has 0 radical (unpaired) electrons. The summed E-state index contributed by atoms with van der Waals surface area (Å²) in [6.45, 7) is 2.49. The molecule has 1 saturated heterocycles. The molecular weight excluding hydrogens is 286 g/mol. The first-order valence-electron chi connectivity index (χ1n) is 6.21. The molecule has 1 fully saturated rings. The van der Waals surface area contributed by atoms with Crippen LogP contribution in [0, 0.1) is 0 Å². The van der Waals surface area contributed by atoms with Gasteiger partial charge in [-0.15, -0.1) is 0 Å². The van der Waals surface area contributed by atoms with Crippen LogP contribution < -0.4 is 10.6 Å². The standard InChI is InChI=1S/C12H18ClN3O2S/c13-11-2-1-3-12(10-11)15-5-7-16(8-6-15)19(17,18)9-4-14/h1-3,10H,4-9,14H2. The van der Waals surface area contributed by atoms with Crippen LogP contribution in [0.1, 0.15) is 0 Å². The highest BCUT2D eigenvalue weighted by Gasteiger charge is 2.26. The Bertz CT molecular complexity index is 528. The smallest absolute Gasteiger partial charge is 0.215 e. The molecule has 0 spiro atoms. The lowest BCUT2D eigenvalue weighted by Gasteiger charge is -2.35. The fraction of sp³-hybridized carbons (Fsp3) is 0.500. The highest BCUT2D eigenvalue weighted by molar-refractivity contribution is 7.89. The quantitative estimate of drug-likeness (QED) is 0.891. The van der Waals surface area contributed by atoms with Crippen molar-refractivity contribution >= 4 is 27.3 Å². The Balaban J connectivity index is 2.00. The lowest BCUT2D eigenvalue weighted by Crippen LogP contribution is -2.49. The van der Waals surface area contributed by atoms with Crippen molar-refractivity contribution in [2.24, 2.45) is 5.73 Å². The Morgan fingerprint density at radius 2 is 1.89 bits per heavy atom. The molecule has 1 heterocycles. The van der Waals surface area contributed by atoms with E-state index in [1.165, 1.54) is 4.31 Å². The summed E-state index contributed by atoms with van der Waals surface area (Å²) in [6.07, 6.45) is 0. The molecule has 2 N–H and O–H groups in total. The van der Waals surface area contributed by atoms with Gasteiger partial charge in [0, 0.05) is 43.4 Å². The zero-order valence-corrected chi connectivity index (χ0v) is 12.2. The molecule has 0 bridgehead atoms. The maximum Gasteiger partial charge on any atom is 0.215 e. The highest BCUT2D eigenvalue weighted by atomic mass is 35.5. The third kappa shape index (κ3) is 3.60. The monoisotopic (exact) mass is 303 g/mol. The number of rotatable bonds is 4. The summed E-state index contributed by atoms with van der Waals surface area (Å²) in [5.74, 6) is 0.0180. The van der Waals surface area contributed by atoms with Crippen LogP contribution in [-0.4, -0.2) is 51.2 Å². The molecular formula is C12H18ClN3O2S. The van der Waals surface area contributed by atoms with Crippen LogP contribution >= 0.6 is 11.6 Å². The normalized spacial score (nSPS) is 17.7. The van der Waals surface area contributed by atoms with Gasteiger partial charge >= 0.3 is 0 Å². The first kappa shape index (κ1) is 14.6. The van der Waals surface area contributed by atoms with Crippen molar-refractivity contribution < 1.29 is 8.42 Å². The third-order valence-electron chi connectivity index (χ3n) is 3.18. The van der Waals surface area contributed by atoms with E-state index in [1.807, 2.05) is 24.3 Å².